The molecule has 0 amide bonds. The highest BCUT2D eigenvalue weighted by Gasteiger charge is 2.03. The van der Waals surface area contributed by atoms with Crippen LogP contribution < -0.4 is 10.3 Å². The van der Waals surface area contributed by atoms with E-state index in [0.717, 1.165) is 17.7 Å². The van der Waals surface area contributed by atoms with Crippen molar-refractivity contribution < 1.29 is 9.84 Å². The third kappa shape index (κ3) is 3.23. The Morgan fingerprint density at radius 3 is 2.79 bits per heavy atom. The number of ether oxygens (including phenoxy) is 1. The van der Waals surface area contributed by atoms with Crippen LogP contribution in [0.4, 0.5) is 0 Å². The van der Waals surface area contributed by atoms with Gasteiger partial charge in [-0.15, -0.1) is 0 Å². The van der Waals surface area contributed by atoms with E-state index < -0.39 is 0 Å². The normalized spacial score (nSPS) is 10.4. The Morgan fingerprint density at radius 2 is 2.11 bits per heavy atom. The van der Waals surface area contributed by atoms with E-state index in [1.807, 2.05) is 24.3 Å². The Morgan fingerprint density at radius 1 is 1.26 bits per heavy atom. The molecule has 4 heteroatoms. The number of aromatic amines is 1. The number of hydrogen-bond acceptors (Lipinski definition) is 3. The van der Waals surface area contributed by atoms with Gasteiger partial charge in [0.2, 0.25) is 0 Å². The first-order valence-electron chi connectivity index (χ1n) is 6.31. The number of hydrogen-bond donors (Lipinski definition) is 2. The molecular weight excluding hydrogens is 242 g/mol. The second-order valence-electron chi connectivity index (χ2n) is 4.26. The van der Waals surface area contributed by atoms with Crippen molar-refractivity contribution in [1.82, 2.24) is 4.98 Å². The van der Waals surface area contributed by atoms with Crippen molar-refractivity contribution in [3.8, 4) is 17.0 Å². The molecule has 0 aliphatic heterocycles. The van der Waals surface area contributed by atoms with Crippen LogP contribution in [0.1, 0.15) is 18.9 Å². The van der Waals surface area contributed by atoms with E-state index in [4.69, 9.17) is 9.84 Å². The monoisotopic (exact) mass is 259 g/mol. The van der Waals surface area contributed by atoms with E-state index in [1.165, 1.54) is 0 Å². The van der Waals surface area contributed by atoms with Gasteiger partial charge in [0.25, 0.3) is 5.56 Å². The van der Waals surface area contributed by atoms with Gasteiger partial charge < -0.3 is 14.8 Å². The smallest absolute Gasteiger partial charge is 0.253 e. The lowest BCUT2D eigenvalue weighted by molar-refractivity contribution is 0.280. The van der Waals surface area contributed by atoms with E-state index in [1.54, 1.807) is 12.1 Å². The highest BCUT2D eigenvalue weighted by molar-refractivity contribution is 5.61. The summed E-state index contributed by atoms with van der Waals surface area (Å²) in [7, 11) is 0. The summed E-state index contributed by atoms with van der Waals surface area (Å²) in [5, 5.41) is 8.98. The van der Waals surface area contributed by atoms with Gasteiger partial charge in [0, 0.05) is 16.8 Å². The molecule has 0 aliphatic carbocycles. The molecule has 0 saturated heterocycles. The summed E-state index contributed by atoms with van der Waals surface area (Å²) in [6.45, 7) is 2.47. The molecule has 19 heavy (non-hydrogen) atoms. The van der Waals surface area contributed by atoms with E-state index in [-0.39, 0.29) is 12.2 Å². The maximum absolute atomic E-state index is 11.7. The third-order valence-electron chi connectivity index (χ3n) is 2.78. The molecule has 100 valence electrons. The van der Waals surface area contributed by atoms with Gasteiger partial charge >= 0.3 is 0 Å². The zero-order valence-corrected chi connectivity index (χ0v) is 10.8. The molecular formula is C15H17NO3. The molecule has 0 spiro atoms. The van der Waals surface area contributed by atoms with Crippen LogP contribution in [0.15, 0.2) is 41.2 Å². The Kier molecular flexibility index (Phi) is 4.36. The second kappa shape index (κ2) is 6.20. The molecule has 2 rings (SSSR count). The first-order chi connectivity index (χ1) is 9.24. The van der Waals surface area contributed by atoms with Gasteiger partial charge in [-0.3, -0.25) is 4.79 Å². The number of rotatable bonds is 5. The number of aliphatic hydroxyl groups is 1. The molecule has 2 N–H and O–H groups in total. The molecule has 0 aliphatic rings. The summed E-state index contributed by atoms with van der Waals surface area (Å²) in [5.74, 6) is 0.784. The summed E-state index contributed by atoms with van der Waals surface area (Å²) in [4.78, 5) is 14.4. The number of aromatic nitrogens is 1. The van der Waals surface area contributed by atoms with E-state index in [2.05, 4.69) is 11.9 Å². The van der Waals surface area contributed by atoms with Crippen LogP contribution in [0.2, 0.25) is 0 Å². The van der Waals surface area contributed by atoms with Gasteiger partial charge in [0.1, 0.15) is 5.75 Å². The zero-order chi connectivity index (χ0) is 13.7. The maximum Gasteiger partial charge on any atom is 0.253 e. The highest BCUT2D eigenvalue weighted by atomic mass is 16.5. The molecule has 1 aromatic heterocycles. The average molecular weight is 259 g/mol. The number of pyridine rings is 1. The molecule has 0 saturated carbocycles. The Balaban J connectivity index is 2.31. The van der Waals surface area contributed by atoms with E-state index >= 15 is 0 Å². The van der Waals surface area contributed by atoms with Gasteiger partial charge in [-0.25, -0.2) is 0 Å². The molecule has 0 radical (unpaired) electrons. The van der Waals surface area contributed by atoms with Crippen molar-refractivity contribution in [2.75, 3.05) is 6.61 Å². The maximum atomic E-state index is 11.7. The summed E-state index contributed by atoms with van der Waals surface area (Å²) in [6, 6.07) is 11.0. The van der Waals surface area contributed by atoms with Crippen molar-refractivity contribution >= 4 is 0 Å². The molecule has 0 atom stereocenters. The van der Waals surface area contributed by atoms with Crippen molar-refractivity contribution in [2.24, 2.45) is 0 Å². The zero-order valence-electron chi connectivity index (χ0n) is 10.8. The van der Waals surface area contributed by atoms with E-state index in [0.29, 0.717) is 17.9 Å². The fraction of sp³-hybridized carbons (Fsp3) is 0.267. The van der Waals surface area contributed by atoms with Crippen molar-refractivity contribution in [2.45, 2.75) is 20.0 Å². The van der Waals surface area contributed by atoms with E-state index in [9.17, 15) is 4.79 Å². The molecule has 0 fully saturated rings. The summed E-state index contributed by atoms with van der Waals surface area (Å²) < 4.78 is 5.56. The minimum Gasteiger partial charge on any atom is -0.494 e. The summed E-state index contributed by atoms with van der Waals surface area (Å²) in [5.41, 5.74) is 1.70. The van der Waals surface area contributed by atoms with Gasteiger partial charge in [0.15, 0.2) is 0 Å². The van der Waals surface area contributed by atoms with Crippen LogP contribution >= 0.6 is 0 Å². The van der Waals surface area contributed by atoms with Crippen molar-refractivity contribution in [3.63, 3.8) is 0 Å². The lowest BCUT2D eigenvalue weighted by Gasteiger charge is -2.07. The molecule has 0 bridgehead atoms. The first kappa shape index (κ1) is 13.4. The predicted octanol–water partition coefficient (Wildman–Crippen LogP) is 2.32. The van der Waals surface area contributed by atoms with Crippen LogP contribution in [-0.2, 0) is 6.61 Å². The van der Waals surface area contributed by atoms with Gasteiger partial charge in [-0.05, 0) is 30.7 Å². The molecule has 0 unspecified atom stereocenters. The number of H-pyrrole nitrogens is 1. The fourth-order valence-electron chi connectivity index (χ4n) is 1.77. The van der Waals surface area contributed by atoms with Gasteiger partial charge in [-0.2, -0.15) is 0 Å². The predicted molar refractivity (Wildman–Crippen MR) is 74.2 cm³/mol. The Bertz CT molecular complexity index is 604. The summed E-state index contributed by atoms with van der Waals surface area (Å²) >= 11 is 0. The van der Waals surface area contributed by atoms with Crippen LogP contribution in [0.3, 0.4) is 0 Å². The number of benzene rings is 1. The van der Waals surface area contributed by atoms with Gasteiger partial charge in [0.05, 0.1) is 13.2 Å². The lowest BCUT2D eigenvalue weighted by atomic mass is 10.1. The average Bonchev–Trinajstić information content (AvgIpc) is 2.45. The van der Waals surface area contributed by atoms with Crippen LogP contribution in [-0.4, -0.2) is 16.7 Å². The minimum absolute atomic E-state index is 0.255. The first-order valence-corrected chi connectivity index (χ1v) is 6.31. The summed E-state index contributed by atoms with van der Waals surface area (Å²) in [6.07, 6.45) is 0.951. The quantitative estimate of drug-likeness (QED) is 0.866. The Hall–Kier alpha value is -2.07. The third-order valence-corrected chi connectivity index (χ3v) is 2.78. The second-order valence-corrected chi connectivity index (χ2v) is 4.26. The molecule has 1 aromatic carbocycles. The topological polar surface area (TPSA) is 62.3 Å². The standard InChI is InChI=1S/C15H17NO3/c1-2-8-19-13-5-3-4-11(9-13)14-7-6-12(10-17)15(18)16-14/h3-7,9,17H,2,8,10H2,1H3,(H,16,18). The van der Waals surface area contributed by atoms with Crippen LogP contribution in [0.25, 0.3) is 11.3 Å². The van der Waals surface area contributed by atoms with Gasteiger partial charge in [-0.1, -0.05) is 19.1 Å². The lowest BCUT2D eigenvalue weighted by Crippen LogP contribution is -2.12. The van der Waals surface area contributed by atoms with Crippen LogP contribution in [0.5, 0.6) is 5.75 Å². The Labute approximate surface area is 111 Å². The van der Waals surface area contributed by atoms with Crippen molar-refractivity contribution in [3.05, 3.63) is 52.3 Å². The SMILES string of the molecule is CCCOc1cccc(-c2ccc(CO)c(=O)[nH]2)c1. The van der Waals surface area contributed by atoms with Crippen molar-refractivity contribution in [1.29, 1.82) is 0 Å². The number of aliphatic hydroxyl groups excluding tert-OH is 1. The van der Waals surface area contributed by atoms with Crippen LogP contribution in [0, 0.1) is 0 Å². The molecule has 2 aromatic rings. The largest absolute Gasteiger partial charge is 0.494 e. The molecule has 1 heterocycles. The molecule has 4 nitrogen and oxygen atoms in total. The minimum atomic E-state index is -0.264. The highest BCUT2D eigenvalue weighted by Crippen LogP contribution is 2.21. The number of nitrogens with one attached hydrogen (secondary N) is 1. The fourth-order valence-corrected chi connectivity index (χ4v) is 1.77.